The molecule has 0 radical (unpaired) electrons. The minimum Gasteiger partial charge on any atom is -0.388 e. The number of aliphatic hydroxyl groups excluding tert-OH is 1. The summed E-state index contributed by atoms with van der Waals surface area (Å²) in [6.45, 7) is 5.60. The number of hydrogen-bond donors (Lipinski definition) is 1. The Balaban J connectivity index is 2.25. The fraction of sp³-hybridized carbons (Fsp3) is 0.400. The van der Waals surface area contributed by atoms with Gasteiger partial charge in [-0.3, -0.25) is 4.68 Å². The van der Waals surface area contributed by atoms with Crippen LogP contribution in [0.4, 0.5) is 4.39 Å². The van der Waals surface area contributed by atoms with Gasteiger partial charge in [0.2, 0.25) is 0 Å². The molecule has 0 aliphatic rings. The Morgan fingerprint density at radius 3 is 2.53 bits per heavy atom. The van der Waals surface area contributed by atoms with Gasteiger partial charge in [-0.15, -0.1) is 0 Å². The number of nitrogens with zero attached hydrogens (tertiary/aromatic N) is 2. The van der Waals surface area contributed by atoms with Crippen LogP contribution in [0.5, 0.6) is 0 Å². The van der Waals surface area contributed by atoms with E-state index in [4.69, 9.17) is 0 Å². The highest BCUT2D eigenvalue weighted by Gasteiger charge is 2.16. The predicted octanol–water partition coefficient (Wildman–Crippen LogP) is 2.76. The molecule has 0 aliphatic heterocycles. The first-order valence-electron chi connectivity index (χ1n) is 6.33. The molecule has 1 atom stereocenters. The molecule has 0 fully saturated rings. The van der Waals surface area contributed by atoms with Gasteiger partial charge in [-0.05, 0) is 43.5 Å². The fourth-order valence-corrected chi connectivity index (χ4v) is 2.24. The molecule has 0 bridgehead atoms. The van der Waals surface area contributed by atoms with Gasteiger partial charge in [-0.2, -0.15) is 5.10 Å². The summed E-state index contributed by atoms with van der Waals surface area (Å²) < 4.78 is 15.3. The van der Waals surface area contributed by atoms with Crippen LogP contribution in [0.15, 0.2) is 18.2 Å². The lowest BCUT2D eigenvalue weighted by Crippen LogP contribution is -2.04. The molecular weight excluding hydrogens is 243 g/mol. The highest BCUT2D eigenvalue weighted by atomic mass is 19.1. The van der Waals surface area contributed by atoms with Crippen molar-refractivity contribution in [3.8, 4) is 0 Å². The number of aryl methyl sites for hydroxylation is 3. The van der Waals surface area contributed by atoms with Crippen LogP contribution in [0.3, 0.4) is 0 Å². The van der Waals surface area contributed by atoms with Crippen molar-refractivity contribution >= 4 is 0 Å². The van der Waals surface area contributed by atoms with E-state index in [0.717, 1.165) is 17.0 Å². The number of halogens is 1. The molecule has 1 aromatic heterocycles. The average Bonchev–Trinajstić information content (AvgIpc) is 2.59. The van der Waals surface area contributed by atoms with Crippen LogP contribution >= 0.6 is 0 Å². The monoisotopic (exact) mass is 262 g/mol. The first-order valence-corrected chi connectivity index (χ1v) is 6.33. The average molecular weight is 262 g/mol. The Morgan fingerprint density at radius 1 is 1.32 bits per heavy atom. The first kappa shape index (κ1) is 13.7. The molecule has 4 heteroatoms. The molecule has 102 valence electrons. The lowest BCUT2D eigenvalue weighted by Gasteiger charge is -2.12. The van der Waals surface area contributed by atoms with Crippen LogP contribution < -0.4 is 0 Å². The molecule has 2 rings (SSSR count). The maximum atomic E-state index is 13.5. The summed E-state index contributed by atoms with van der Waals surface area (Å²) in [5, 5.41) is 14.6. The van der Waals surface area contributed by atoms with Crippen molar-refractivity contribution in [1.29, 1.82) is 0 Å². The van der Waals surface area contributed by atoms with Gasteiger partial charge >= 0.3 is 0 Å². The van der Waals surface area contributed by atoms with Crippen LogP contribution in [0.1, 0.15) is 34.2 Å². The normalized spacial score (nSPS) is 12.7. The second-order valence-corrected chi connectivity index (χ2v) is 5.00. The van der Waals surface area contributed by atoms with Crippen molar-refractivity contribution < 1.29 is 9.50 Å². The Hall–Kier alpha value is -1.68. The number of aliphatic hydroxyl groups is 1. The number of benzene rings is 1. The van der Waals surface area contributed by atoms with Crippen molar-refractivity contribution in [3.63, 3.8) is 0 Å². The van der Waals surface area contributed by atoms with Gasteiger partial charge in [0.25, 0.3) is 0 Å². The van der Waals surface area contributed by atoms with Crippen molar-refractivity contribution in [2.24, 2.45) is 7.05 Å². The molecular formula is C15H19FN2O. The molecule has 0 saturated carbocycles. The van der Waals surface area contributed by atoms with Crippen LogP contribution in [-0.4, -0.2) is 14.9 Å². The van der Waals surface area contributed by atoms with Crippen molar-refractivity contribution in [2.75, 3.05) is 0 Å². The lowest BCUT2D eigenvalue weighted by atomic mass is 9.99. The van der Waals surface area contributed by atoms with Crippen LogP contribution in [0, 0.1) is 26.6 Å². The second-order valence-electron chi connectivity index (χ2n) is 5.00. The Bertz CT molecular complexity index is 604. The zero-order valence-electron chi connectivity index (χ0n) is 11.7. The standard InChI is InChI=1S/C15H19FN2O/c1-9-5-6-12(7-14(9)16)15(19)8-13-10(2)17-18(4)11(13)3/h5-7,15,19H,8H2,1-4H3. The van der Waals surface area contributed by atoms with Gasteiger partial charge in [-0.1, -0.05) is 12.1 Å². The van der Waals surface area contributed by atoms with Gasteiger partial charge in [-0.25, -0.2) is 4.39 Å². The van der Waals surface area contributed by atoms with Crippen LogP contribution in [-0.2, 0) is 13.5 Å². The smallest absolute Gasteiger partial charge is 0.126 e. The fourth-order valence-electron chi connectivity index (χ4n) is 2.24. The molecule has 1 N–H and O–H groups in total. The van der Waals surface area contributed by atoms with E-state index in [-0.39, 0.29) is 5.82 Å². The van der Waals surface area contributed by atoms with E-state index in [2.05, 4.69) is 5.10 Å². The molecule has 1 aromatic carbocycles. The Labute approximate surface area is 112 Å². The highest BCUT2D eigenvalue weighted by molar-refractivity contribution is 5.29. The molecule has 0 saturated heterocycles. The maximum absolute atomic E-state index is 13.5. The van der Waals surface area contributed by atoms with Gasteiger partial charge in [0.05, 0.1) is 11.8 Å². The quantitative estimate of drug-likeness (QED) is 0.923. The van der Waals surface area contributed by atoms with E-state index in [1.165, 1.54) is 6.07 Å². The SMILES string of the molecule is Cc1ccc(C(O)Cc2c(C)nn(C)c2C)cc1F. The van der Waals surface area contributed by atoms with Crippen molar-refractivity contribution in [2.45, 2.75) is 33.3 Å². The third-order valence-corrected chi connectivity index (χ3v) is 3.64. The molecule has 0 aliphatic carbocycles. The molecule has 1 unspecified atom stereocenters. The third kappa shape index (κ3) is 2.68. The summed E-state index contributed by atoms with van der Waals surface area (Å²) in [6, 6.07) is 4.86. The lowest BCUT2D eigenvalue weighted by molar-refractivity contribution is 0.177. The van der Waals surface area contributed by atoms with E-state index < -0.39 is 6.10 Å². The van der Waals surface area contributed by atoms with E-state index in [0.29, 0.717) is 17.5 Å². The van der Waals surface area contributed by atoms with Crippen LogP contribution in [0.2, 0.25) is 0 Å². The third-order valence-electron chi connectivity index (χ3n) is 3.64. The summed E-state index contributed by atoms with van der Waals surface area (Å²) >= 11 is 0. The van der Waals surface area contributed by atoms with E-state index in [1.54, 1.807) is 23.7 Å². The molecule has 0 spiro atoms. The van der Waals surface area contributed by atoms with E-state index >= 15 is 0 Å². The van der Waals surface area contributed by atoms with Gasteiger partial charge in [0.1, 0.15) is 5.82 Å². The number of aromatic nitrogens is 2. The summed E-state index contributed by atoms with van der Waals surface area (Å²) in [5.74, 6) is -0.281. The molecule has 19 heavy (non-hydrogen) atoms. The maximum Gasteiger partial charge on any atom is 0.126 e. The second kappa shape index (κ2) is 5.13. The summed E-state index contributed by atoms with van der Waals surface area (Å²) in [4.78, 5) is 0. The van der Waals surface area contributed by atoms with Crippen LogP contribution in [0.25, 0.3) is 0 Å². The Morgan fingerprint density at radius 2 is 2.00 bits per heavy atom. The van der Waals surface area contributed by atoms with Gasteiger partial charge in [0, 0.05) is 19.2 Å². The minimum absolute atomic E-state index is 0.281. The van der Waals surface area contributed by atoms with E-state index in [9.17, 15) is 9.50 Å². The van der Waals surface area contributed by atoms with Crippen molar-refractivity contribution in [1.82, 2.24) is 9.78 Å². The topological polar surface area (TPSA) is 38.1 Å². The van der Waals surface area contributed by atoms with Gasteiger partial charge < -0.3 is 5.11 Å². The molecule has 0 amide bonds. The summed E-state index contributed by atoms with van der Waals surface area (Å²) in [6.07, 6.45) is -0.259. The van der Waals surface area contributed by atoms with Crippen molar-refractivity contribution in [3.05, 3.63) is 52.1 Å². The van der Waals surface area contributed by atoms with Gasteiger partial charge in [0.15, 0.2) is 0 Å². The van der Waals surface area contributed by atoms with E-state index in [1.807, 2.05) is 20.9 Å². The Kier molecular flexibility index (Phi) is 3.71. The largest absolute Gasteiger partial charge is 0.388 e. The molecule has 2 aromatic rings. The molecule has 3 nitrogen and oxygen atoms in total. The zero-order chi connectivity index (χ0) is 14.2. The molecule has 1 heterocycles. The minimum atomic E-state index is -0.711. The summed E-state index contributed by atoms with van der Waals surface area (Å²) in [7, 11) is 1.88. The first-order chi connectivity index (χ1) is 8.90. The number of hydrogen-bond acceptors (Lipinski definition) is 2. The number of rotatable bonds is 3. The predicted molar refractivity (Wildman–Crippen MR) is 72.5 cm³/mol. The highest BCUT2D eigenvalue weighted by Crippen LogP contribution is 2.23. The zero-order valence-corrected chi connectivity index (χ0v) is 11.7. The summed E-state index contributed by atoms with van der Waals surface area (Å²) in [5.41, 5.74) is 4.15.